The normalized spacial score (nSPS) is 27.9. The van der Waals surface area contributed by atoms with Crippen molar-refractivity contribution in [1.82, 2.24) is 8.61 Å². The Morgan fingerprint density at radius 3 is 2.52 bits per heavy atom. The van der Waals surface area contributed by atoms with Gasteiger partial charge >= 0.3 is 0 Å². The van der Waals surface area contributed by atoms with Crippen molar-refractivity contribution in [2.75, 3.05) is 32.8 Å². The molecule has 0 aromatic heterocycles. The molecule has 2 saturated heterocycles. The maximum Gasteiger partial charge on any atom is 0.282 e. The zero-order valence-corrected chi connectivity index (χ0v) is 14.1. The van der Waals surface area contributed by atoms with E-state index in [4.69, 9.17) is 4.74 Å². The summed E-state index contributed by atoms with van der Waals surface area (Å²) in [7, 11) is -3.45. The summed E-state index contributed by atoms with van der Waals surface area (Å²) in [5.41, 5.74) is 0.804. The van der Waals surface area contributed by atoms with Crippen molar-refractivity contribution in [1.29, 1.82) is 0 Å². The lowest BCUT2D eigenvalue weighted by Gasteiger charge is -2.38. The molecule has 0 spiro atoms. The van der Waals surface area contributed by atoms with Gasteiger partial charge in [-0.2, -0.15) is 17.0 Å². The number of rotatable bonds is 3. The highest BCUT2D eigenvalue weighted by atomic mass is 32.2. The molecule has 2 aliphatic rings. The number of piperidine rings is 1. The smallest absolute Gasteiger partial charge is 0.282 e. The van der Waals surface area contributed by atoms with Crippen molar-refractivity contribution in [3.8, 4) is 0 Å². The van der Waals surface area contributed by atoms with Gasteiger partial charge in [0, 0.05) is 26.2 Å². The van der Waals surface area contributed by atoms with Gasteiger partial charge in [-0.3, -0.25) is 0 Å². The van der Waals surface area contributed by atoms with Crippen LogP contribution in [0.15, 0.2) is 24.3 Å². The van der Waals surface area contributed by atoms with Crippen LogP contribution >= 0.6 is 0 Å². The van der Waals surface area contributed by atoms with E-state index in [9.17, 15) is 12.8 Å². The minimum Gasteiger partial charge on any atom is -0.371 e. The maximum atomic E-state index is 13.0. The van der Waals surface area contributed by atoms with Crippen molar-refractivity contribution in [3.63, 3.8) is 0 Å². The van der Waals surface area contributed by atoms with Gasteiger partial charge < -0.3 is 4.74 Å². The first-order chi connectivity index (χ1) is 11.0. The standard InChI is InChI=1S/C16H23FN2O3S/c1-13-3-2-8-18(11-13)23(20,21)19-9-10-22-16(12-19)14-4-6-15(17)7-5-14/h4-7,13,16H,2-3,8-12H2,1H3/t13-,16+/m1/s1. The first-order valence-electron chi connectivity index (χ1n) is 8.09. The van der Waals surface area contributed by atoms with Gasteiger partial charge in [-0.1, -0.05) is 19.1 Å². The van der Waals surface area contributed by atoms with Crippen LogP contribution in [0.1, 0.15) is 31.4 Å². The molecule has 0 saturated carbocycles. The molecule has 3 rings (SSSR count). The van der Waals surface area contributed by atoms with Crippen LogP contribution < -0.4 is 0 Å². The molecule has 128 valence electrons. The molecular formula is C16H23FN2O3S. The Kier molecular flexibility index (Phi) is 5.01. The van der Waals surface area contributed by atoms with Crippen molar-refractivity contribution >= 4 is 10.2 Å². The number of morpholine rings is 1. The Morgan fingerprint density at radius 1 is 1.13 bits per heavy atom. The van der Waals surface area contributed by atoms with E-state index < -0.39 is 10.2 Å². The second kappa shape index (κ2) is 6.84. The summed E-state index contributed by atoms with van der Waals surface area (Å²) in [6, 6.07) is 6.05. The third kappa shape index (κ3) is 3.74. The molecule has 0 amide bonds. The predicted octanol–water partition coefficient (Wildman–Crippen LogP) is 2.18. The van der Waals surface area contributed by atoms with Crippen LogP contribution in [-0.4, -0.2) is 49.8 Å². The van der Waals surface area contributed by atoms with Crippen LogP contribution in [0.4, 0.5) is 4.39 Å². The van der Waals surface area contributed by atoms with Gasteiger partial charge in [-0.05, 0) is 36.5 Å². The number of benzene rings is 1. The van der Waals surface area contributed by atoms with E-state index in [0.717, 1.165) is 18.4 Å². The largest absolute Gasteiger partial charge is 0.371 e. The summed E-state index contributed by atoms with van der Waals surface area (Å²) in [4.78, 5) is 0. The molecule has 2 fully saturated rings. The Labute approximate surface area is 137 Å². The van der Waals surface area contributed by atoms with Crippen LogP contribution in [0.25, 0.3) is 0 Å². The fourth-order valence-corrected chi connectivity index (χ4v) is 4.99. The highest BCUT2D eigenvalue weighted by Gasteiger charge is 2.36. The molecule has 7 heteroatoms. The van der Waals surface area contributed by atoms with Gasteiger partial charge in [-0.25, -0.2) is 4.39 Å². The molecule has 2 atom stereocenters. The summed E-state index contributed by atoms with van der Waals surface area (Å²) in [5, 5.41) is 0. The van der Waals surface area contributed by atoms with E-state index in [2.05, 4.69) is 6.92 Å². The molecule has 2 aliphatic heterocycles. The fourth-order valence-electron chi connectivity index (χ4n) is 3.23. The van der Waals surface area contributed by atoms with Crippen molar-refractivity contribution in [3.05, 3.63) is 35.6 Å². The zero-order chi connectivity index (χ0) is 16.4. The zero-order valence-electron chi connectivity index (χ0n) is 13.3. The van der Waals surface area contributed by atoms with Crippen LogP contribution in [0, 0.1) is 11.7 Å². The molecule has 1 aromatic carbocycles. The van der Waals surface area contributed by atoms with Crippen LogP contribution in [0.5, 0.6) is 0 Å². The van der Waals surface area contributed by atoms with Gasteiger partial charge in [-0.15, -0.1) is 0 Å². The summed E-state index contributed by atoms with van der Waals surface area (Å²) in [5.74, 6) is 0.0869. The van der Waals surface area contributed by atoms with Crippen molar-refractivity contribution in [2.45, 2.75) is 25.9 Å². The molecule has 5 nitrogen and oxygen atoms in total. The highest BCUT2D eigenvalue weighted by molar-refractivity contribution is 7.86. The first kappa shape index (κ1) is 16.8. The second-order valence-electron chi connectivity index (χ2n) is 6.38. The minimum absolute atomic E-state index is 0.277. The highest BCUT2D eigenvalue weighted by Crippen LogP contribution is 2.27. The van der Waals surface area contributed by atoms with E-state index in [1.165, 1.54) is 16.4 Å². The lowest BCUT2D eigenvalue weighted by Crippen LogP contribution is -2.51. The third-order valence-electron chi connectivity index (χ3n) is 4.54. The summed E-state index contributed by atoms with van der Waals surface area (Å²) in [6.07, 6.45) is 1.64. The molecule has 0 aliphatic carbocycles. The van der Waals surface area contributed by atoms with Gasteiger partial charge in [0.2, 0.25) is 0 Å². The predicted molar refractivity (Wildman–Crippen MR) is 85.6 cm³/mol. The van der Waals surface area contributed by atoms with Gasteiger partial charge in [0.1, 0.15) is 5.82 Å². The number of nitrogens with zero attached hydrogens (tertiary/aromatic N) is 2. The first-order valence-corrected chi connectivity index (χ1v) is 9.49. The lowest BCUT2D eigenvalue weighted by atomic mass is 10.0. The molecular weight excluding hydrogens is 319 g/mol. The lowest BCUT2D eigenvalue weighted by molar-refractivity contribution is -0.00473. The molecule has 0 radical (unpaired) electrons. The minimum atomic E-state index is -3.45. The number of ether oxygens (including phenoxy) is 1. The van der Waals surface area contributed by atoms with Gasteiger partial charge in [0.15, 0.2) is 0 Å². The van der Waals surface area contributed by atoms with Crippen LogP contribution in [-0.2, 0) is 14.9 Å². The topological polar surface area (TPSA) is 49.9 Å². The Hall–Kier alpha value is -1.02. The molecule has 2 heterocycles. The number of hydrogen-bond acceptors (Lipinski definition) is 3. The molecule has 0 unspecified atom stereocenters. The Morgan fingerprint density at radius 2 is 1.83 bits per heavy atom. The second-order valence-corrected chi connectivity index (χ2v) is 8.31. The summed E-state index contributed by atoms with van der Waals surface area (Å²) >= 11 is 0. The maximum absolute atomic E-state index is 13.0. The molecule has 1 aromatic rings. The fraction of sp³-hybridized carbons (Fsp3) is 0.625. The number of hydrogen-bond donors (Lipinski definition) is 0. The van der Waals surface area contributed by atoms with Crippen LogP contribution in [0.2, 0.25) is 0 Å². The summed E-state index contributed by atoms with van der Waals surface area (Å²) in [6.45, 7) is 4.25. The van der Waals surface area contributed by atoms with Crippen LogP contribution in [0.3, 0.4) is 0 Å². The monoisotopic (exact) mass is 342 g/mol. The van der Waals surface area contributed by atoms with E-state index in [1.807, 2.05) is 0 Å². The van der Waals surface area contributed by atoms with E-state index >= 15 is 0 Å². The average Bonchev–Trinajstić information content (AvgIpc) is 2.56. The average molecular weight is 342 g/mol. The van der Waals surface area contributed by atoms with E-state index in [1.54, 1.807) is 16.4 Å². The van der Waals surface area contributed by atoms with E-state index in [0.29, 0.717) is 32.2 Å². The molecule has 23 heavy (non-hydrogen) atoms. The Balaban J connectivity index is 1.73. The quantitative estimate of drug-likeness (QED) is 0.846. The van der Waals surface area contributed by atoms with Gasteiger partial charge in [0.05, 0.1) is 12.7 Å². The Bertz CT molecular complexity index is 635. The van der Waals surface area contributed by atoms with E-state index in [-0.39, 0.29) is 18.5 Å². The van der Waals surface area contributed by atoms with Crippen molar-refractivity contribution < 1.29 is 17.5 Å². The third-order valence-corrected chi connectivity index (χ3v) is 6.51. The van der Waals surface area contributed by atoms with Gasteiger partial charge in [0.25, 0.3) is 10.2 Å². The molecule has 0 bridgehead atoms. The SMILES string of the molecule is C[C@@H]1CCCN(S(=O)(=O)N2CCO[C@H](c3ccc(F)cc3)C2)C1. The summed E-state index contributed by atoms with van der Waals surface area (Å²) < 4.78 is 47.5. The van der Waals surface area contributed by atoms with Crippen molar-refractivity contribution in [2.24, 2.45) is 5.92 Å². The molecule has 0 N–H and O–H groups in total. The number of halogens is 1.